The van der Waals surface area contributed by atoms with E-state index in [1.54, 1.807) is 0 Å². The summed E-state index contributed by atoms with van der Waals surface area (Å²) in [6.45, 7) is 0. The number of carboxylic acids is 1. The number of rotatable bonds is 4. The van der Waals surface area contributed by atoms with Crippen LogP contribution in [0, 0.1) is 0 Å². The third-order valence-electron chi connectivity index (χ3n) is 2.44. The van der Waals surface area contributed by atoms with Crippen LogP contribution in [-0.2, 0) is 4.79 Å². The van der Waals surface area contributed by atoms with Gasteiger partial charge in [-0.1, -0.05) is 0 Å². The molecule has 0 bridgehead atoms. The van der Waals surface area contributed by atoms with Gasteiger partial charge in [-0.2, -0.15) is 0 Å². The molecule has 2 aromatic rings. The minimum Gasteiger partial charge on any atom is -0.481 e. The number of aromatic amines is 1. The number of aromatic nitrogens is 1. The molecule has 0 aliphatic carbocycles. The van der Waals surface area contributed by atoms with Gasteiger partial charge in [0.2, 0.25) is 0 Å². The number of carboxylic acid groups (broad SMARTS) is 1. The maximum Gasteiger partial charge on any atom is 0.573 e. The predicted octanol–water partition coefficient (Wildman–Crippen LogP) is 2.72. The van der Waals surface area contributed by atoms with Crippen LogP contribution in [0.1, 0.15) is 16.9 Å². The third kappa shape index (κ3) is 3.28. The molecule has 0 saturated carbocycles. The largest absolute Gasteiger partial charge is 0.573 e. The second-order valence-corrected chi connectivity index (χ2v) is 3.97. The molecule has 0 atom stereocenters. The van der Waals surface area contributed by atoms with Gasteiger partial charge in [-0.15, -0.1) is 13.2 Å². The lowest BCUT2D eigenvalue weighted by Crippen LogP contribution is -2.16. The smallest absolute Gasteiger partial charge is 0.481 e. The van der Waals surface area contributed by atoms with Crippen molar-refractivity contribution in [3.63, 3.8) is 0 Å². The molecule has 1 aromatic carbocycles. The van der Waals surface area contributed by atoms with E-state index < -0.39 is 30.3 Å². The second kappa shape index (κ2) is 4.87. The van der Waals surface area contributed by atoms with Crippen molar-refractivity contribution in [2.75, 3.05) is 0 Å². The summed E-state index contributed by atoms with van der Waals surface area (Å²) >= 11 is 0. The monoisotopic (exact) mass is 287 g/mol. The summed E-state index contributed by atoms with van der Waals surface area (Å²) in [6, 6.07) is 4.80. The van der Waals surface area contributed by atoms with E-state index in [-0.39, 0.29) is 5.69 Å². The number of fused-ring (bicyclic) bond motifs is 1. The Kier molecular flexibility index (Phi) is 3.39. The van der Waals surface area contributed by atoms with Crippen molar-refractivity contribution >= 4 is 22.7 Å². The highest BCUT2D eigenvalue weighted by Crippen LogP contribution is 2.27. The Morgan fingerprint density at radius 1 is 1.25 bits per heavy atom. The highest BCUT2D eigenvalue weighted by Gasteiger charge is 2.31. The Bertz CT molecular complexity index is 675. The van der Waals surface area contributed by atoms with Crippen LogP contribution in [0.4, 0.5) is 13.2 Å². The number of H-pyrrole nitrogens is 1. The number of ether oxygens (including phenoxy) is 1. The van der Waals surface area contributed by atoms with Crippen molar-refractivity contribution in [2.45, 2.75) is 12.8 Å². The number of hydrogen-bond donors (Lipinski definition) is 2. The van der Waals surface area contributed by atoms with Gasteiger partial charge in [0.25, 0.3) is 0 Å². The summed E-state index contributed by atoms with van der Waals surface area (Å²) in [4.78, 5) is 24.6. The van der Waals surface area contributed by atoms with Crippen LogP contribution in [0.15, 0.2) is 24.3 Å². The number of Topliss-reactive ketones (excluding diaryl/α,β-unsaturated/α-hetero) is 1. The van der Waals surface area contributed by atoms with Crippen LogP contribution < -0.4 is 4.74 Å². The molecule has 0 fully saturated rings. The highest BCUT2D eigenvalue weighted by molar-refractivity contribution is 6.06. The summed E-state index contributed by atoms with van der Waals surface area (Å²) < 4.78 is 40.0. The SMILES string of the molecule is O=C(O)CC(=O)c1cc2cc(OC(F)(F)F)ccc2[nH]1. The Hall–Kier alpha value is -2.51. The molecule has 20 heavy (non-hydrogen) atoms. The molecular weight excluding hydrogens is 279 g/mol. The molecule has 0 amide bonds. The first-order valence-electron chi connectivity index (χ1n) is 5.38. The van der Waals surface area contributed by atoms with E-state index in [9.17, 15) is 22.8 Å². The second-order valence-electron chi connectivity index (χ2n) is 3.97. The topological polar surface area (TPSA) is 79.4 Å². The molecule has 1 aromatic heterocycles. The van der Waals surface area contributed by atoms with Crippen molar-refractivity contribution in [3.05, 3.63) is 30.0 Å². The van der Waals surface area contributed by atoms with Gasteiger partial charge in [0.15, 0.2) is 5.78 Å². The van der Waals surface area contributed by atoms with E-state index in [1.165, 1.54) is 12.1 Å². The van der Waals surface area contributed by atoms with Crippen molar-refractivity contribution in [1.82, 2.24) is 4.98 Å². The maximum atomic E-state index is 12.1. The van der Waals surface area contributed by atoms with E-state index in [2.05, 4.69) is 9.72 Å². The van der Waals surface area contributed by atoms with Crippen LogP contribution >= 0.6 is 0 Å². The van der Waals surface area contributed by atoms with E-state index in [4.69, 9.17) is 5.11 Å². The fourth-order valence-corrected chi connectivity index (χ4v) is 1.69. The zero-order chi connectivity index (χ0) is 14.9. The number of nitrogens with one attached hydrogen (secondary N) is 1. The lowest BCUT2D eigenvalue weighted by molar-refractivity contribution is -0.274. The zero-order valence-corrected chi connectivity index (χ0v) is 9.82. The van der Waals surface area contributed by atoms with Gasteiger partial charge in [0.05, 0.1) is 5.69 Å². The molecule has 0 saturated heterocycles. The number of alkyl halides is 3. The van der Waals surface area contributed by atoms with Crippen LogP contribution in [0.5, 0.6) is 5.75 Å². The number of halogens is 3. The molecular formula is C12H8F3NO4. The number of aliphatic carboxylic acids is 1. The fourth-order valence-electron chi connectivity index (χ4n) is 1.69. The average Bonchev–Trinajstić information content (AvgIpc) is 2.68. The average molecular weight is 287 g/mol. The lowest BCUT2D eigenvalue weighted by Gasteiger charge is -2.08. The van der Waals surface area contributed by atoms with Crippen LogP contribution in [0.3, 0.4) is 0 Å². The van der Waals surface area contributed by atoms with Crippen LogP contribution in [-0.4, -0.2) is 28.2 Å². The molecule has 0 aliphatic heterocycles. The molecule has 2 N–H and O–H groups in total. The first-order chi connectivity index (χ1) is 9.24. The molecule has 106 valence electrons. The molecule has 8 heteroatoms. The summed E-state index contributed by atoms with van der Waals surface area (Å²) in [5, 5.41) is 8.83. The molecule has 0 spiro atoms. The van der Waals surface area contributed by atoms with E-state index >= 15 is 0 Å². The van der Waals surface area contributed by atoms with Gasteiger partial charge in [-0.3, -0.25) is 9.59 Å². The first-order valence-corrected chi connectivity index (χ1v) is 5.38. The van der Waals surface area contributed by atoms with Gasteiger partial charge >= 0.3 is 12.3 Å². The number of ketones is 1. The Morgan fingerprint density at radius 2 is 1.95 bits per heavy atom. The van der Waals surface area contributed by atoms with E-state index in [1.807, 2.05) is 0 Å². The van der Waals surface area contributed by atoms with Gasteiger partial charge < -0.3 is 14.8 Å². The van der Waals surface area contributed by atoms with E-state index in [0.717, 1.165) is 12.1 Å². The van der Waals surface area contributed by atoms with Crippen LogP contribution in [0.25, 0.3) is 10.9 Å². The predicted molar refractivity (Wildman–Crippen MR) is 61.6 cm³/mol. The molecule has 2 rings (SSSR count). The number of benzene rings is 1. The lowest BCUT2D eigenvalue weighted by atomic mass is 10.2. The number of carbonyl (C=O) groups excluding carboxylic acids is 1. The molecule has 0 radical (unpaired) electrons. The normalized spacial score (nSPS) is 11.6. The van der Waals surface area contributed by atoms with Gasteiger partial charge in [-0.25, -0.2) is 0 Å². The zero-order valence-electron chi connectivity index (χ0n) is 9.82. The van der Waals surface area contributed by atoms with Crippen molar-refractivity contribution in [3.8, 4) is 5.75 Å². The third-order valence-corrected chi connectivity index (χ3v) is 2.44. The summed E-state index contributed by atoms with van der Waals surface area (Å²) in [5.41, 5.74) is 0.430. The van der Waals surface area contributed by atoms with Gasteiger partial charge in [0, 0.05) is 10.9 Å². The first kappa shape index (κ1) is 13.9. The summed E-state index contributed by atoms with van der Waals surface area (Å²) in [7, 11) is 0. The summed E-state index contributed by atoms with van der Waals surface area (Å²) in [6.07, 6.45) is -5.50. The minimum atomic E-state index is -4.80. The standard InChI is InChI=1S/C12H8F3NO4/c13-12(14,15)20-7-1-2-8-6(3-7)4-9(16-8)10(17)5-11(18)19/h1-4,16H,5H2,(H,18,19). The van der Waals surface area contributed by atoms with Gasteiger partial charge in [-0.05, 0) is 24.3 Å². The quantitative estimate of drug-likeness (QED) is 0.669. The highest BCUT2D eigenvalue weighted by atomic mass is 19.4. The Balaban J connectivity index is 2.30. The molecule has 0 unspecified atom stereocenters. The van der Waals surface area contributed by atoms with Crippen molar-refractivity contribution < 1.29 is 32.6 Å². The molecule has 5 nitrogen and oxygen atoms in total. The fraction of sp³-hybridized carbons (Fsp3) is 0.167. The maximum absolute atomic E-state index is 12.1. The molecule has 1 heterocycles. The van der Waals surface area contributed by atoms with E-state index in [0.29, 0.717) is 10.9 Å². The van der Waals surface area contributed by atoms with Gasteiger partial charge in [0.1, 0.15) is 12.2 Å². The van der Waals surface area contributed by atoms with Crippen LogP contribution in [0.2, 0.25) is 0 Å². The van der Waals surface area contributed by atoms with Crippen molar-refractivity contribution in [1.29, 1.82) is 0 Å². The Morgan fingerprint density at radius 3 is 2.55 bits per heavy atom. The Labute approximate surface area is 110 Å². The molecule has 0 aliphatic rings. The summed E-state index contributed by atoms with van der Waals surface area (Å²) in [5.74, 6) is -2.36. The minimum absolute atomic E-state index is 0.0200. The van der Waals surface area contributed by atoms with Crippen molar-refractivity contribution in [2.24, 2.45) is 0 Å². The number of carbonyl (C=O) groups is 2. The number of hydrogen-bond acceptors (Lipinski definition) is 3.